The molecular formula is C17H16N4O2. The quantitative estimate of drug-likeness (QED) is 0.783. The van der Waals surface area contributed by atoms with E-state index >= 15 is 0 Å². The van der Waals surface area contributed by atoms with Crippen molar-refractivity contribution in [3.63, 3.8) is 0 Å². The lowest BCUT2D eigenvalue weighted by molar-refractivity contribution is 0.0953. The van der Waals surface area contributed by atoms with E-state index in [0.717, 1.165) is 11.1 Å². The Morgan fingerprint density at radius 3 is 2.70 bits per heavy atom. The summed E-state index contributed by atoms with van der Waals surface area (Å²) < 4.78 is 5.58. The third-order valence-corrected chi connectivity index (χ3v) is 3.41. The number of benzene rings is 1. The summed E-state index contributed by atoms with van der Waals surface area (Å²) in [5, 5.41) is 10.9. The molecule has 2 aromatic heterocycles. The van der Waals surface area contributed by atoms with Gasteiger partial charge in [-0.05, 0) is 30.7 Å². The molecule has 0 atom stereocenters. The van der Waals surface area contributed by atoms with Crippen LogP contribution in [0.5, 0.6) is 0 Å². The summed E-state index contributed by atoms with van der Waals surface area (Å²) in [5.41, 5.74) is 2.45. The van der Waals surface area contributed by atoms with Crippen molar-refractivity contribution in [2.75, 3.05) is 6.54 Å². The van der Waals surface area contributed by atoms with E-state index < -0.39 is 0 Å². The Bertz CT molecular complexity index is 799. The highest BCUT2D eigenvalue weighted by molar-refractivity contribution is 5.95. The molecule has 3 aromatic rings. The fourth-order valence-electron chi connectivity index (χ4n) is 2.17. The first-order chi connectivity index (χ1) is 11.2. The highest BCUT2D eigenvalue weighted by Gasteiger charge is 2.10. The van der Waals surface area contributed by atoms with E-state index in [-0.39, 0.29) is 5.91 Å². The van der Waals surface area contributed by atoms with Gasteiger partial charge in [0.05, 0.1) is 0 Å². The van der Waals surface area contributed by atoms with Crippen LogP contribution in [0.25, 0.3) is 11.5 Å². The van der Waals surface area contributed by atoms with Gasteiger partial charge in [-0.3, -0.25) is 9.78 Å². The number of pyridine rings is 1. The number of amides is 1. The topological polar surface area (TPSA) is 80.9 Å². The second kappa shape index (κ2) is 6.83. The average Bonchev–Trinajstić information content (AvgIpc) is 3.05. The minimum absolute atomic E-state index is 0.100. The van der Waals surface area contributed by atoms with E-state index in [2.05, 4.69) is 20.5 Å². The molecule has 116 valence electrons. The summed E-state index contributed by atoms with van der Waals surface area (Å²) in [6, 6.07) is 11.1. The maximum atomic E-state index is 12.1. The standard InChI is InChI=1S/C17H16N4O2/c1-12-4-2-3-5-14(12)16(22)19-11-8-15-20-21-17(23-15)13-6-9-18-10-7-13/h2-7,9-10H,8,11H2,1H3,(H,19,22). The molecule has 2 heterocycles. The van der Waals surface area contributed by atoms with E-state index in [1.54, 1.807) is 30.6 Å². The molecular weight excluding hydrogens is 292 g/mol. The molecule has 0 aliphatic rings. The molecule has 0 spiro atoms. The lowest BCUT2D eigenvalue weighted by atomic mass is 10.1. The van der Waals surface area contributed by atoms with Crippen LogP contribution in [0.15, 0.2) is 53.2 Å². The monoisotopic (exact) mass is 308 g/mol. The zero-order chi connectivity index (χ0) is 16.1. The summed E-state index contributed by atoms with van der Waals surface area (Å²) in [5.74, 6) is 0.839. The Kier molecular flexibility index (Phi) is 4.42. The van der Waals surface area contributed by atoms with Gasteiger partial charge in [-0.1, -0.05) is 18.2 Å². The van der Waals surface area contributed by atoms with Crippen LogP contribution in [0.1, 0.15) is 21.8 Å². The van der Waals surface area contributed by atoms with Crippen molar-refractivity contribution in [3.05, 3.63) is 65.8 Å². The van der Waals surface area contributed by atoms with Crippen LogP contribution in [-0.2, 0) is 6.42 Å². The van der Waals surface area contributed by atoms with E-state index in [9.17, 15) is 4.79 Å². The van der Waals surface area contributed by atoms with Crippen LogP contribution in [-0.4, -0.2) is 27.6 Å². The predicted octanol–water partition coefficient (Wildman–Crippen LogP) is 2.41. The summed E-state index contributed by atoms with van der Waals surface area (Å²) >= 11 is 0. The first-order valence-electron chi connectivity index (χ1n) is 7.30. The van der Waals surface area contributed by atoms with Crippen LogP contribution in [0.4, 0.5) is 0 Å². The van der Waals surface area contributed by atoms with Crippen molar-refractivity contribution in [2.45, 2.75) is 13.3 Å². The van der Waals surface area contributed by atoms with Crippen molar-refractivity contribution in [1.82, 2.24) is 20.5 Å². The third-order valence-electron chi connectivity index (χ3n) is 3.41. The fraction of sp³-hybridized carbons (Fsp3) is 0.176. The molecule has 6 nitrogen and oxygen atoms in total. The first-order valence-corrected chi connectivity index (χ1v) is 7.30. The van der Waals surface area contributed by atoms with Crippen LogP contribution in [0, 0.1) is 6.92 Å². The Hall–Kier alpha value is -3.02. The second-order valence-electron chi connectivity index (χ2n) is 5.06. The minimum atomic E-state index is -0.100. The molecule has 6 heteroatoms. The van der Waals surface area contributed by atoms with Crippen molar-refractivity contribution in [3.8, 4) is 11.5 Å². The van der Waals surface area contributed by atoms with Crippen molar-refractivity contribution in [2.24, 2.45) is 0 Å². The van der Waals surface area contributed by atoms with Gasteiger partial charge < -0.3 is 9.73 Å². The smallest absolute Gasteiger partial charge is 0.251 e. The largest absolute Gasteiger partial charge is 0.421 e. The maximum Gasteiger partial charge on any atom is 0.251 e. The van der Waals surface area contributed by atoms with E-state index in [1.807, 2.05) is 25.1 Å². The summed E-state index contributed by atoms with van der Waals surface area (Å²) in [6.45, 7) is 2.35. The van der Waals surface area contributed by atoms with Crippen LogP contribution >= 0.6 is 0 Å². The molecule has 1 amide bonds. The molecule has 0 unspecified atom stereocenters. The van der Waals surface area contributed by atoms with Gasteiger partial charge in [-0.2, -0.15) is 0 Å². The number of hydrogen-bond acceptors (Lipinski definition) is 5. The Morgan fingerprint density at radius 1 is 1.13 bits per heavy atom. The van der Waals surface area contributed by atoms with E-state index in [1.165, 1.54) is 0 Å². The number of hydrogen-bond donors (Lipinski definition) is 1. The van der Waals surface area contributed by atoms with Crippen molar-refractivity contribution >= 4 is 5.91 Å². The van der Waals surface area contributed by atoms with Gasteiger partial charge in [0.2, 0.25) is 11.8 Å². The van der Waals surface area contributed by atoms with Gasteiger partial charge >= 0.3 is 0 Å². The predicted molar refractivity (Wildman–Crippen MR) is 84.7 cm³/mol. The first kappa shape index (κ1) is 14.9. The van der Waals surface area contributed by atoms with Gasteiger partial charge in [0.15, 0.2) is 0 Å². The number of nitrogens with zero attached hydrogens (tertiary/aromatic N) is 3. The summed E-state index contributed by atoms with van der Waals surface area (Å²) in [7, 11) is 0. The summed E-state index contributed by atoms with van der Waals surface area (Å²) in [6.07, 6.45) is 3.82. The molecule has 0 radical (unpaired) electrons. The number of carbonyl (C=O) groups is 1. The normalized spacial score (nSPS) is 10.5. The number of carbonyl (C=O) groups excluding carboxylic acids is 1. The lowest BCUT2D eigenvalue weighted by Gasteiger charge is -2.06. The van der Waals surface area contributed by atoms with E-state index in [0.29, 0.717) is 30.3 Å². The fourth-order valence-corrected chi connectivity index (χ4v) is 2.17. The number of aromatic nitrogens is 3. The zero-order valence-corrected chi connectivity index (χ0v) is 12.7. The number of rotatable bonds is 5. The number of nitrogens with one attached hydrogen (secondary N) is 1. The highest BCUT2D eigenvalue weighted by Crippen LogP contribution is 2.16. The third kappa shape index (κ3) is 3.60. The van der Waals surface area contributed by atoms with Gasteiger partial charge in [0.1, 0.15) is 0 Å². The van der Waals surface area contributed by atoms with Crippen LogP contribution in [0.3, 0.4) is 0 Å². The van der Waals surface area contributed by atoms with Gasteiger partial charge in [-0.15, -0.1) is 10.2 Å². The SMILES string of the molecule is Cc1ccccc1C(=O)NCCc1nnc(-c2ccncc2)o1. The van der Waals surface area contributed by atoms with Gasteiger partial charge in [-0.25, -0.2) is 0 Å². The second-order valence-corrected chi connectivity index (χ2v) is 5.06. The summed E-state index contributed by atoms with van der Waals surface area (Å²) in [4.78, 5) is 16.0. The molecule has 0 saturated carbocycles. The Balaban J connectivity index is 1.56. The molecule has 1 aromatic carbocycles. The van der Waals surface area contributed by atoms with Gasteiger partial charge in [0, 0.05) is 36.5 Å². The lowest BCUT2D eigenvalue weighted by Crippen LogP contribution is -2.26. The molecule has 0 aliphatic heterocycles. The van der Waals surface area contributed by atoms with Crippen LogP contribution < -0.4 is 5.32 Å². The average molecular weight is 308 g/mol. The maximum absolute atomic E-state index is 12.1. The van der Waals surface area contributed by atoms with Crippen molar-refractivity contribution < 1.29 is 9.21 Å². The van der Waals surface area contributed by atoms with Crippen molar-refractivity contribution in [1.29, 1.82) is 0 Å². The highest BCUT2D eigenvalue weighted by atomic mass is 16.4. The van der Waals surface area contributed by atoms with Gasteiger partial charge in [0.25, 0.3) is 5.91 Å². The minimum Gasteiger partial charge on any atom is -0.421 e. The molecule has 23 heavy (non-hydrogen) atoms. The molecule has 0 bridgehead atoms. The zero-order valence-electron chi connectivity index (χ0n) is 12.7. The van der Waals surface area contributed by atoms with Crippen LogP contribution in [0.2, 0.25) is 0 Å². The molecule has 1 N–H and O–H groups in total. The Labute approximate surface area is 133 Å². The van der Waals surface area contributed by atoms with E-state index in [4.69, 9.17) is 4.42 Å². The Morgan fingerprint density at radius 2 is 1.91 bits per heavy atom. The molecule has 3 rings (SSSR count). The molecule has 0 aliphatic carbocycles. The molecule has 0 saturated heterocycles. The number of aryl methyl sites for hydroxylation is 1. The molecule has 0 fully saturated rings.